The maximum Gasteiger partial charge on any atom is 0.315 e. The smallest absolute Gasteiger partial charge is 0.315 e. The predicted molar refractivity (Wildman–Crippen MR) is 94.7 cm³/mol. The van der Waals surface area contributed by atoms with Crippen molar-refractivity contribution in [2.24, 2.45) is 0 Å². The highest BCUT2D eigenvalue weighted by Gasteiger charge is 2.29. The van der Waals surface area contributed by atoms with Crippen LogP contribution in [0.15, 0.2) is 17.7 Å². The number of carbonyl (C=O) groups excluding carboxylic acids is 1. The van der Waals surface area contributed by atoms with E-state index in [-0.39, 0.29) is 12.4 Å². The van der Waals surface area contributed by atoms with Gasteiger partial charge in [0.05, 0.1) is 24.7 Å². The molecule has 2 heterocycles. The fourth-order valence-corrected chi connectivity index (χ4v) is 2.71. The van der Waals surface area contributed by atoms with Crippen molar-refractivity contribution in [3.8, 4) is 17.6 Å². The summed E-state index contributed by atoms with van der Waals surface area (Å²) in [6.07, 6.45) is 0. The molecular formula is C16H14N6O7. The van der Waals surface area contributed by atoms with Crippen LogP contribution in [-0.2, 0) is 22.7 Å². The lowest BCUT2D eigenvalue weighted by Crippen LogP contribution is -2.30. The molecule has 1 amide bonds. The van der Waals surface area contributed by atoms with Crippen molar-refractivity contribution in [2.45, 2.75) is 13.2 Å². The Balaban J connectivity index is 2.03. The van der Waals surface area contributed by atoms with Gasteiger partial charge in [0.2, 0.25) is 5.75 Å². The summed E-state index contributed by atoms with van der Waals surface area (Å²) in [6, 6.07) is 3.06. The van der Waals surface area contributed by atoms with Crippen LogP contribution < -0.4 is 4.90 Å². The van der Waals surface area contributed by atoms with Gasteiger partial charge in [-0.25, -0.2) is 4.68 Å². The highest BCUT2D eigenvalue weighted by atomic mass is 16.6. The second kappa shape index (κ2) is 7.44. The van der Waals surface area contributed by atoms with Gasteiger partial charge >= 0.3 is 5.69 Å². The van der Waals surface area contributed by atoms with Crippen LogP contribution in [0.25, 0.3) is 5.76 Å². The molecule has 29 heavy (non-hydrogen) atoms. The molecule has 150 valence electrons. The number of anilines is 1. The molecule has 13 nitrogen and oxygen atoms in total. The Labute approximate surface area is 162 Å². The number of phenols is 2. The zero-order chi connectivity index (χ0) is 21.3. The minimum atomic E-state index is -1.01. The predicted octanol–water partition coefficient (Wildman–Crippen LogP) is 0.583. The van der Waals surface area contributed by atoms with Gasteiger partial charge in [0.25, 0.3) is 5.91 Å². The largest absolute Gasteiger partial charge is 0.506 e. The van der Waals surface area contributed by atoms with Crippen LogP contribution in [0.4, 0.5) is 11.5 Å². The highest BCUT2D eigenvalue weighted by molar-refractivity contribution is 6.12. The van der Waals surface area contributed by atoms with E-state index < -0.39 is 44.9 Å². The van der Waals surface area contributed by atoms with Gasteiger partial charge in [0, 0.05) is 18.7 Å². The molecule has 0 aliphatic carbocycles. The Morgan fingerprint density at radius 3 is 2.83 bits per heavy atom. The Morgan fingerprint density at radius 1 is 1.45 bits per heavy atom. The van der Waals surface area contributed by atoms with Crippen molar-refractivity contribution in [3.05, 3.63) is 39.1 Å². The number of fused-ring (bicyclic) bond motifs is 1. The summed E-state index contributed by atoms with van der Waals surface area (Å²) >= 11 is 0. The lowest BCUT2D eigenvalue weighted by molar-refractivity contribution is -0.386. The topological polar surface area (TPSA) is 188 Å². The van der Waals surface area contributed by atoms with Crippen molar-refractivity contribution in [3.63, 3.8) is 0 Å². The van der Waals surface area contributed by atoms with Crippen LogP contribution >= 0.6 is 0 Å². The number of aliphatic hydroxyl groups excluding tert-OH is 1. The molecule has 2 aromatic rings. The molecule has 1 aromatic heterocycles. The number of nitriles is 1. The van der Waals surface area contributed by atoms with E-state index in [1.807, 2.05) is 0 Å². The minimum absolute atomic E-state index is 0.120. The van der Waals surface area contributed by atoms with Gasteiger partial charge in [-0.2, -0.15) is 5.26 Å². The number of aliphatic hydroxyl groups is 1. The molecule has 0 saturated heterocycles. The minimum Gasteiger partial charge on any atom is -0.506 e. The van der Waals surface area contributed by atoms with Gasteiger partial charge in [-0.05, 0) is 6.07 Å². The molecule has 3 N–H and O–H groups in total. The Bertz CT molecular complexity index is 1080. The van der Waals surface area contributed by atoms with E-state index in [0.29, 0.717) is 18.8 Å². The zero-order valence-electron chi connectivity index (χ0n) is 14.9. The number of hydrogen-bond acceptors (Lipinski definition) is 10. The van der Waals surface area contributed by atoms with Gasteiger partial charge < -0.3 is 20.1 Å². The number of carbonyl (C=O) groups is 1. The second-order valence-corrected chi connectivity index (χ2v) is 5.96. The Hall–Kier alpha value is -4.18. The van der Waals surface area contributed by atoms with E-state index in [1.54, 1.807) is 10.8 Å². The van der Waals surface area contributed by atoms with E-state index in [1.165, 1.54) is 7.05 Å². The van der Waals surface area contributed by atoms with E-state index in [9.17, 15) is 35.5 Å². The summed E-state index contributed by atoms with van der Waals surface area (Å²) in [5.41, 5.74) is -1.57. The summed E-state index contributed by atoms with van der Waals surface area (Å²) in [4.78, 5) is 23.7. The highest BCUT2D eigenvalue weighted by Crippen LogP contribution is 2.38. The van der Waals surface area contributed by atoms with Gasteiger partial charge in [0.1, 0.15) is 17.5 Å². The first-order valence-corrected chi connectivity index (χ1v) is 8.08. The lowest BCUT2D eigenvalue weighted by Gasteiger charge is -2.19. The van der Waals surface area contributed by atoms with E-state index in [4.69, 9.17) is 4.74 Å². The average molecular weight is 402 g/mol. The second-order valence-electron chi connectivity index (χ2n) is 5.96. The fraction of sp³-hybridized carbons (Fsp3) is 0.250. The van der Waals surface area contributed by atoms with E-state index >= 15 is 0 Å². The molecule has 0 atom stereocenters. The van der Waals surface area contributed by atoms with Crippen LogP contribution in [0.3, 0.4) is 0 Å². The molecule has 0 unspecified atom stereocenters. The number of likely N-dealkylation sites (N-methyl/N-ethyl adjacent to an activating group) is 1. The molecule has 1 aromatic carbocycles. The van der Waals surface area contributed by atoms with Crippen molar-refractivity contribution in [1.82, 2.24) is 15.0 Å². The summed E-state index contributed by atoms with van der Waals surface area (Å²) in [7, 11) is 1.31. The zero-order valence-corrected chi connectivity index (χ0v) is 14.9. The van der Waals surface area contributed by atoms with Crippen molar-refractivity contribution in [2.75, 3.05) is 18.6 Å². The standard InChI is InChI=1S/C16H14N6O7/c1-20(15-11-7-29-3-2-21(11)19-18-15)16(26)9(6-17)13(24)8-4-10(22(27)28)14(25)12(23)5-8/h4-5,23-25H,2-3,7H2,1H3/b13-9-. The Morgan fingerprint density at radius 2 is 2.17 bits per heavy atom. The van der Waals surface area contributed by atoms with E-state index in [0.717, 1.165) is 17.0 Å². The SMILES string of the molecule is CN(C(=O)/C(C#N)=C(\O)c1cc(O)c(O)c([N+](=O)[O-])c1)c1nnn2c1COCC2. The molecule has 13 heteroatoms. The number of amides is 1. The Kier molecular flexibility index (Phi) is 5.03. The van der Waals surface area contributed by atoms with Crippen LogP contribution in [0.5, 0.6) is 11.5 Å². The molecule has 0 bridgehead atoms. The summed E-state index contributed by atoms with van der Waals surface area (Å²) in [5.74, 6) is -3.67. The first-order chi connectivity index (χ1) is 13.8. The number of hydrogen-bond donors (Lipinski definition) is 3. The maximum atomic E-state index is 12.8. The third kappa shape index (κ3) is 3.39. The van der Waals surface area contributed by atoms with Gasteiger partial charge in [-0.3, -0.25) is 19.8 Å². The van der Waals surface area contributed by atoms with Gasteiger partial charge in [0.15, 0.2) is 17.1 Å². The number of aromatic hydroxyl groups is 2. The number of ether oxygens (including phenoxy) is 1. The van der Waals surface area contributed by atoms with Crippen molar-refractivity contribution in [1.29, 1.82) is 5.26 Å². The maximum absolute atomic E-state index is 12.8. The molecule has 3 rings (SSSR count). The first kappa shape index (κ1) is 19.6. The number of benzene rings is 1. The third-order valence-electron chi connectivity index (χ3n) is 4.23. The average Bonchev–Trinajstić information content (AvgIpc) is 3.13. The number of nitro groups is 1. The third-order valence-corrected chi connectivity index (χ3v) is 4.23. The number of aromatic nitrogens is 3. The fourth-order valence-electron chi connectivity index (χ4n) is 2.71. The van der Waals surface area contributed by atoms with Crippen LogP contribution in [0, 0.1) is 21.4 Å². The number of nitro benzene ring substituents is 1. The van der Waals surface area contributed by atoms with Crippen LogP contribution in [0.2, 0.25) is 0 Å². The molecule has 0 radical (unpaired) electrons. The quantitative estimate of drug-likeness (QED) is 0.163. The molecule has 0 spiro atoms. The molecule has 0 fully saturated rings. The lowest BCUT2D eigenvalue weighted by atomic mass is 10.1. The summed E-state index contributed by atoms with van der Waals surface area (Å²) in [5, 5.41) is 57.8. The number of phenolic OH excluding ortho intramolecular Hbond substituents is 2. The first-order valence-electron chi connectivity index (χ1n) is 8.08. The number of rotatable bonds is 4. The van der Waals surface area contributed by atoms with Crippen molar-refractivity contribution >= 4 is 23.2 Å². The normalized spacial score (nSPS) is 13.8. The molecule has 1 aliphatic heterocycles. The summed E-state index contributed by atoms with van der Waals surface area (Å²) < 4.78 is 6.85. The molecular weight excluding hydrogens is 388 g/mol. The van der Waals surface area contributed by atoms with Gasteiger partial charge in [-0.15, -0.1) is 5.10 Å². The molecule has 1 aliphatic rings. The monoisotopic (exact) mass is 402 g/mol. The van der Waals surface area contributed by atoms with Crippen LogP contribution in [-0.4, -0.2) is 54.8 Å². The van der Waals surface area contributed by atoms with Crippen LogP contribution in [0.1, 0.15) is 11.3 Å². The van der Waals surface area contributed by atoms with Crippen molar-refractivity contribution < 1.29 is 29.8 Å². The van der Waals surface area contributed by atoms with E-state index in [2.05, 4.69) is 10.3 Å². The molecule has 0 saturated carbocycles. The number of nitrogens with zero attached hydrogens (tertiary/aromatic N) is 6. The van der Waals surface area contributed by atoms with Gasteiger partial charge in [-0.1, -0.05) is 5.21 Å². The summed E-state index contributed by atoms with van der Waals surface area (Å²) in [6.45, 7) is 1.02.